The molecule has 7 nitrogen and oxygen atoms in total. The van der Waals surface area contributed by atoms with Crippen molar-refractivity contribution >= 4 is 16.8 Å². The van der Waals surface area contributed by atoms with Gasteiger partial charge in [-0.05, 0) is 18.9 Å². The Hall–Kier alpha value is -2.70. The molecule has 0 bridgehead atoms. The van der Waals surface area contributed by atoms with Crippen LogP contribution in [-0.4, -0.2) is 43.8 Å². The highest BCUT2D eigenvalue weighted by Crippen LogP contribution is 2.25. The molecular formula is C17H19N5O2. The Bertz CT molecular complexity index is 869. The van der Waals surface area contributed by atoms with E-state index in [1.54, 1.807) is 17.8 Å². The molecule has 0 aliphatic carbocycles. The van der Waals surface area contributed by atoms with E-state index in [1.807, 2.05) is 29.2 Å². The lowest BCUT2D eigenvalue weighted by Crippen LogP contribution is -2.41. The van der Waals surface area contributed by atoms with Gasteiger partial charge in [-0.1, -0.05) is 23.4 Å². The predicted molar refractivity (Wildman–Crippen MR) is 87.3 cm³/mol. The molecule has 124 valence electrons. The van der Waals surface area contributed by atoms with Crippen LogP contribution in [0.25, 0.3) is 10.9 Å². The van der Waals surface area contributed by atoms with E-state index in [9.17, 15) is 4.79 Å². The first-order chi connectivity index (χ1) is 11.7. The molecule has 1 amide bonds. The molecule has 1 atom stereocenters. The Morgan fingerprint density at radius 2 is 2.25 bits per heavy atom. The summed E-state index contributed by atoms with van der Waals surface area (Å²) in [6, 6.07) is 7.91. The number of likely N-dealkylation sites (tertiary alicyclic amines) is 1. The number of carbonyl (C=O) groups is 1. The van der Waals surface area contributed by atoms with E-state index in [1.165, 1.54) is 0 Å². The van der Waals surface area contributed by atoms with Gasteiger partial charge in [0.25, 0.3) is 0 Å². The molecule has 0 saturated carbocycles. The highest BCUT2D eigenvalue weighted by Gasteiger charge is 2.28. The summed E-state index contributed by atoms with van der Waals surface area (Å²) in [6.45, 7) is 3.44. The van der Waals surface area contributed by atoms with Crippen molar-refractivity contribution in [2.45, 2.75) is 32.2 Å². The van der Waals surface area contributed by atoms with E-state index in [0.29, 0.717) is 18.3 Å². The van der Waals surface area contributed by atoms with Crippen molar-refractivity contribution in [3.63, 3.8) is 0 Å². The van der Waals surface area contributed by atoms with Gasteiger partial charge in [0.15, 0.2) is 5.82 Å². The van der Waals surface area contributed by atoms with Crippen molar-refractivity contribution in [3.8, 4) is 0 Å². The molecule has 3 heterocycles. The van der Waals surface area contributed by atoms with E-state index in [0.717, 1.165) is 30.3 Å². The lowest BCUT2D eigenvalue weighted by atomic mass is 9.97. The zero-order valence-corrected chi connectivity index (χ0v) is 13.6. The van der Waals surface area contributed by atoms with Crippen LogP contribution in [0.4, 0.5) is 0 Å². The van der Waals surface area contributed by atoms with Crippen LogP contribution >= 0.6 is 0 Å². The van der Waals surface area contributed by atoms with E-state index >= 15 is 0 Å². The molecule has 24 heavy (non-hydrogen) atoms. The molecule has 1 saturated heterocycles. The van der Waals surface area contributed by atoms with Gasteiger partial charge in [0.05, 0.1) is 11.7 Å². The number of nitrogens with zero attached hydrogens (tertiary/aromatic N) is 5. The van der Waals surface area contributed by atoms with Crippen molar-refractivity contribution in [2.24, 2.45) is 0 Å². The van der Waals surface area contributed by atoms with Gasteiger partial charge in [-0.2, -0.15) is 10.1 Å². The lowest BCUT2D eigenvalue weighted by molar-refractivity contribution is -0.133. The molecule has 0 radical (unpaired) electrons. The third-order valence-corrected chi connectivity index (χ3v) is 4.52. The Balaban J connectivity index is 1.48. The molecule has 1 aliphatic rings. The number of amides is 1. The number of hydrogen-bond donors (Lipinski definition) is 0. The number of para-hydroxylation sites is 1. The van der Waals surface area contributed by atoms with Gasteiger partial charge >= 0.3 is 0 Å². The number of rotatable bonds is 3. The second kappa shape index (κ2) is 6.07. The lowest BCUT2D eigenvalue weighted by Gasteiger charge is -2.31. The number of hydrogen-bond acceptors (Lipinski definition) is 5. The Kier molecular flexibility index (Phi) is 3.76. The molecule has 1 unspecified atom stereocenters. The van der Waals surface area contributed by atoms with Crippen molar-refractivity contribution in [1.82, 2.24) is 24.8 Å². The van der Waals surface area contributed by atoms with Gasteiger partial charge in [-0.3, -0.25) is 9.48 Å². The van der Waals surface area contributed by atoms with Gasteiger partial charge in [0, 0.05) is 31.3 Å². The number of fused-ring (bicyclic) bond motifs is 1. The van der Waals surface area contributed by atoms with Crippen LogP contribution in [0.15, 0.2) is 35.0 Å². The minimum absolute atomic E-state index is 0.0776. The maximum Gasteiger partial charge on any atom is 0.244 e. The first kappa shape index (κ1) is 14.9. The molecule has 1 fully saturated rings. The largest absolute Gasteiger partial charge is 0.340 e. The Morgan fingerprint density at radius 1 is 1.38 bits per heavy atom. The minimum Gasteiger partial charge on any atom is -0.340 e. The summed E-state index contributed by atoms with van der Waals surface area (Å²) in [5, 5.41) is 9.39. The highest BCUT2D eigenvalue weighted by molar-refractivity contribution is 5.82. The minimum atomic E-state index is 0.0776. The number of carbonyl (C=O) groups excluding carboxylic acids is 1. The Morgan fingerprint density at radius 3 is 3.08 bits per heavy atom. The summed E-state index contributed by atoms with van der Waals surface area (Å²) in [5.41, 5.74) is 0.980. The fourth-order valence-electron chi connectivity index (χ4n) is 3.28. The maximum atomic E-state index is 12.7. The van der Waals surface area contributed by atoms with Crippen molar-refractivity contribution in [3.05, 3.63) is 42.2 Å². The molecule has 0 spiro atoms. The van der Waals surface area contributed by atoms with E-state index in [2.05, 4.69) is 15.2 Å². The number of aromatic nitrogens is 4. The van der Waals surface area contributed by atoms with Crippen LogP contribution < -0.4 is 0 Å². The average Bonchev–Trinajstić information content (AvgIpc) is 3.22. The summed E-state index contributed by atoms with van der Waals surface area (Å²) in [7, 11) is 0. The SMILES string of the molecule is Cc1nc(C2CCCN(C(=O)Cn3ncc4ccccc43)C2)no1. The van der Waals surface area contributed by atoms with Gasteiger partial charge in [0.1, 0.15) is 6.54 Å². The third kappa shape index (κ3) is 2.77. The quantitative estimate of drug-likeness (QED) is 0.737. The monoisotopic (exact) mass is 325 g/mol. The molecule has 1 aromatic carbocycles. The molecular weight excluding hydrogens is 306 g/mol. The maximum absolute atomic E-state index is 12.7. The van der Waals surface area contributed by atoms with E-state index < -0.39 is 0 Å². The van der Waals surface area contributed by atoms with Crippen LogP contribution in [0, 0.1) is 6.92 Å². The number of benzene rings is 1. The fraction of sp³-hybridized carbons (Fsp3) is 0.412. The van der Waals surface area contributed by atoms with Gasteiger partial charge in [-0.15, -0.1) is 0 Å². The van der Waals surface area contributed by atoms with E-state index in [4.69, 9.17) is 4.52 Å². The zero-order chi connectivity index (χ0) is 16.5. The second-order valence-electron chi connectivity index (χ2n) is 6.21. The van der Waals surface area contributed by atoms with Crippen LogP contribution in [0.3, 0.4) is 0 Å². The Labute approximate surface area is 139 Å². The smallest absolute Gasteiger partial charge is 0.244 e. The summed E-state index contributed by atoms with van der Waals surface area (Å²) < 4.78 is 6.83. The average molecular weight is 325 g/mol. The van der Waals surface area contributed by atoms with Crippen LogP contribution in [-0.2, 0) is 11.3 Å². The molecule has 2 aromatic heterocycles. The number of piperidine rings is 1. The topological polar surface area (TPSA) is 77.1 Å². The summed E-state index contributed by atoms with van der Waals surface area (Å²) in [5.74, 6) is 1.49. The third-order valence-electron chi connectivity index (χ3n) is 4.52. The second-order valence-corrected chi connectivity index (χ2v) is 6.21. The summed E-state index contributed by atoms with van der Waals surface area (Å²) in [6.07, 6.45) is 3.72. The standard InChI is InChI=1S/C17H19N5O2/c1-12-19-17(20-24-12)14-6-4-8-21(10-14)16(23)11-22-15-7-3-2-5-13(15)9-18-22/h2-3,5,7,9,14H,4,6,8,10-11H2,1H3. The molecule has 4 rings (SSSR count). The molecule has 0 N–H and O–H groups in total. The predicted octanol–water partition coefficient (Wildman–Crippen LogP) is 2.13. The number of aryl methyl sites for hydroxylation is 1. The molecule has 3 aromatic rings. The van der Waals surface area contributed by atoms with Crippen molar-refractivity contribution in [2.75, 3.05) is 13.1 Å². The fourth-order valence-corrected chi connectivity index (χ4v) is 3.28. The van der Waals surface area contributed by atoms with Crippen molar-refractivity contribution in [1.29, 1.82) is 0 Å². The first-order valence-corrected chi connectivity index (χ1v) is 8.19. The first-order valence-electron chi connectivity index (χ1n) is 8.19. The van der Waals surface area contributed by atoms with Gasteiger partial charge in [0.2, 0.25) is 11.8 Å². The summed E-state index contributed by atoms with van der Waals surface area (Å²) in [4.78, 5) is 18.9. The molecule has 7 heteroatoms. The van der Waals surface area contributed by atoms with Crippen LogP contribution in [0.5, 0.6) is 0 Å². The zero-order valence-electron chi connectivity index (χ0n) is 13.6. The molecule has 1 aliphatic heterocycles. The van der Waals surface area contributed by atoms with Gasteiger partial charge < -0.3 is 9.42 Å². The van der Waals surface area contributed by atoms with Gasteiger partial charge in [-0.25, -0.2) is 0 Å². The van der Waals surface area contributed by atoms with Crippen molar-refractivity contribution < 1.29 is 9.32 Å². The van der Waals surface area contributed by atoms with Crippen LogP contribution in [0.2, 0.25) is 0 Å². The summed E-state index contributed by atoms with van der Waals surface area (Å²) >= 11 is 0. The van der Waals surface area contributed by atoms with E-state index in [-0.39, 0.29) is 18.4 Å². The van der Waals surface area contributed by atoms with Crippen LogP contribution in [0.1, 0.15) is 30.5 Å². The highest BCUT2D eigenvalue weighted by atomic mass is 16.5. The normalized spacial score (nSPS) is 18.2.